The Morgan fingerprint density at radius 3 is 2.64 bits per heavy atom. The van der Waals surface area contributed by atoms with Gasteiger partial charge in [-0.05, 0) is 41.8 Å². The molecule has 7 nitrogen and oxygen atoms in total. The number of amides is 3. The Labute approximate surface area is 171 Å². The van der Waals surface area contributed by atoms with Gasteiger partial charge in [0.1, 0.15) is 13.2 Å². The highest BCUT2D eigenvalue weighted by molar-refractivity contribution is 9.10. The molecule has 0 unspecified atom stereocenters. The van der Waals surface area contributed by atoms with E-state index >= 15 is 0 Å². The minimum atomic E-state index is -0.672. The first-order valence-corrected chi connectivity index (χ1v) is 9.77. The maximum Gasteiger partial charge on any atom is 0.312 e. The molecule has 1 atom stereocenters. The van der Waals surface area contributed by atoms with Crippen molar-refractivity contribution in [2.45, 2.75) is 18.9 Å². The average Bonchev–Trinajstić information content (AvgIpc) is 2.67. The summed E-state index contributed by atoms with van der Waals surface area (Å²) in [6, 6.07) is 12.0. The summed E-state index contributed by atoms with van der Waals surface area (Å²) in [7, 11) is 0. The Kier molecular flexibility index (Phi) is 6.76. The van der Waals surface area contributed by atoms with Gasteiger partial charge in [-0.15, -0.1) is 0 Å². The van der Waals surface area contributed by atoms with Crippen LogP contribution in [0.1, 0.15) is 23.6 Å². The summed E-state index contributed by atoms with van der Waals surface area (Å²) in [4.78, 5) is 23.7. The molecule has 0 saturated carbocycles. The van der Waals surface area contributed by atoms with E-state index in [9.17, 15) is 9.59 Å². The van der Waals surface area contributed by atoms with Crippen LogP contribution in [0.3, 0.4) is 0 Å². The quantitative estimate of drug-likeness (QED) is 0.606. The van der Waals surface area contributed by atoms with Crippen molar-refractivity contribution in [3.05, 3.63) is 58.1 Å². The number of rotatable bonds is 7. The van der Waals surface area contributed by atoms with E-state index in [1.54, 1.807) is 0 Å². The molecule has 1 aliphatic rings. The first kappa shape index (κ1) is 20.0. The van der Waals surface area contributed by atoms with Gasteiger partial charge >= 0.3 is 6.03 Å². The van der Waals surface area contributed by atoms with Crippen LogP contribution in [0.4, 0.5) is 4.79 Å². The van der Waals surface area contributed by atoms with Gasteiger partial charge in [-0.3, -0.25) is 4.79 Å². The number of fused-ring (bicyclic) bond motifs is 1. The van der Waals surface area contributed by atoms with Gasteiger partial charge in [-0.2, -0.15) is 0 Å². The molecule has 2 aromatic rings. The first-order valence-electron chi connectivity index (χ1n) is 8.98. The average molecular weight is 448 g/mol. The number of halogens is 1. The largest absolute Gasteiger partial charge is 0.486 e. The highest BCUT2D eigenvalue weighted by atomic mass is 79.9. The number of carbonyl (C=O) groups is 2. The predicted octanol–water partition coefficient (Wildman–Crippen LogP) is 2.68. The number of benzene rings is 2. The molecule has 2 aromatic carbocycles. The van der Waals surface area contributed by atoms with Crippen LogP contribution in [0.2, 0.25) is 0 Å². The van der Waals surface area contributed by atoms with Gasteiger partial charge in [-0.1, -0.05) is 34.1 Å². The fourth-order valence-electron chi connectivity index (χ4n) is 2.99. The fourth-order valence-corrected chi connectivity index (χ4v) is 3.41. The topological polar surface area (TPSA) is 103 Å². The van der Waals surface area contributed by atoms with Gasteiger partial charge in [0.2, 0.25) is 5.91 Å². The van der Waals surface area contributed by atoms with Gasteiger partial charge in [0, 0.05) is 11.0 Å². The third kappa shape index (κ3) is 5.63. The molecule has 1 heterocycles. The summed E-state index contributed by atoms with van der Waals surface area (Å²) in [6.07, 6.45) is 0.758. The molecular formula is C20H22BrN3O4. The molecule has 148 valence electrons. The van der Waals surface area contributed by atoms with Crippen molar-refractivity contribution in [1.29, 1.82) is 0 Å². The van der Waals surface area contributed by atoms with E-state index in [2.05, 4.69) is 26.6 Å². The molecule has 0 spiro atoms. The molecule has 0 radical (unpaired) electrons. The monoisotopic (exact) mass is 447 g/mol. The Balaban J connectivity index is 1.54. The van der Waals surface area contributed by atoms with Crippen molar-refractivity contribution in [2.75, 3.05) is 19.8 Å². The lowest BCUT2D eigenvalue weighted by Crippen LogP contribution is -2.37. The van der Waals surface area contributed by atoms with Crippen molar-refractivity contribution in [3.63, 3.8) is 0 Å². The molecular weight excluding hydrogens is 426 g/mol. The van der Waals surface area contributed by atoms with Crippen molar-refractivity contribution < 1.29 is 19.1 Å². The minimum Gasteiger partial charge on any atom is -0.486 e. The van der Waals surface area contributed by atoms with Gasteiger partial charge in [0.15, 0.2) is 11.5 Å². The second-order valence-corrected chi connectivity index (χ2v) is 7.31. The maximum absolute atomic E-state index is 12.4. The lowest BCUT2D eigenvalue weighted by molar-refractivity contribution is -0.121. The molecule has 0 aliphatic carbocycles. The number of nitrogens with one attached hydrogen (secondary N) is 2. The summed E-state index contributed by atoms with van der Waals surface area (Å²) in [5.41, 5.74) is 7.11. The Hall–Kier alpha value is -2.74. The van der Waals surface area contributed by atoms with Gasteiger partial charge < -0.3 is 25.8 Å². The molecule has 0 fully saturated rings. The number of urea groups is 1. The van der Waals surface area contributed by atoms with E-state index in [0.29, 0.717) is 26.2 Å². The van der Waals surface area contributed by atoms with Crippen LogP contribution in [0.5, 0.6) is 11.5 Å². The number of hydrogen-bond donors (Lipinski definition) is 3. The Bertz CT molecular complexity index is 859. The van der Waals surface area contributed by atoms with Crippen LogP contribution in [0, 0.1) is 0 Å². The fraction of sp³-hybridized carbons (Fsp3) is 0.300. The molecule has 0 aromatic heterocycles. The Morgan fingerprint density at radius 2 is 1.89 bits per heavy atom. The van der Waals surface area contributed by atoms with Crippen LogP contribution in [-0.2, 0) is 11.2 Å². The lowest BCUT2D eigenvalue weighted by atomic mass is 10.0. The van der Waals surface area contributed by atoms with E-state index in [4.69, 9.17) is 15.2 Å². The van der Waals surface area contributed by atoms with Crippen LogP contribution in [0.15, 0.2) is 46.9 Å². The van der Waals surface area contributed by atoms with Crippen LogP contribution >= 0.6 is 15.9 Å². The zero-order valence-electron chi connectivity index (χ0n) is 15.2. The third-order valence-electron chi connectivity index (χ3n) is 4.30. The molecule has 1 aliphatic heterocycles. The van der Waals surface area contributed by atoms with E-state index < -0.39 is 12.1 Å². The SMILES string of the molecule is NC(=O)N[C@H](CC(=O)NCCc1ccc2c(c1)OCCO2)c1cccc(Br)c1. The number of primary amides is 1. The summed E-state index contributed by atoms with van der Waals surface area (Å²) in [5.74, 6) is 1.31. The van der Waals surface area contributed by atoms with Crippen molar-refractivity contribution in [2.24, 2.45) is 5.73 Å². The van der Waals surface area contributed by atoms with Crippen molar-refractivity contribution in [3.8, 4) is 11.5 Å². The third-order valence-corrected chi connectivity index (χ3v) is 4.79. The number of ether oxygens (including phenoxy) is 2. The summed E-state index contributed by atoms with van der Waals surface area (Å²) >= 11 is 3.39. The number of hydrogen-bond acceptors (Lipinski definition) is 4. The second-order valence-electron chi connectivity index (χ2n) is 6.40. The standard InChI is InChI=1S/C20H22BrN3O4/c21-15-3-1-2-14(11-15)16(24-20(22)26)12-19(25)23-7-6-13-4-5-17-18(10-13)28-9-8-27-17/h1-5,10-11,16H,6-9,12H2,(H,23,25)(H3,22,24,26)/t16-/m1/s1. The van der Waals surface area contributed by atoms with E-state index in [-0.39, 0.29) is 12.3 Å². The molecule has 8 heteroatoms. The van der Waals surface area contributed by atoms with Crippen LogP contribution < -0.4 is 25.8 Å². The van der Waals surface area contributed by atoms with Crippen LogP contribution in [-0.4, -0.2) is 31.7 Å². The second kappa shape index (κ2) is 9.45. The molecule has 3 amide bonds. The highest BCUT2D eigenvalue weighted by Crippen LogP contribution is 2.30. The number of nitrogens with two attached hydrogens (primary N) is 1. The highest BCUT2D eigenvalue weighted by Gasteiger charge is 2.18. The summed E-state index contributed by atoms with van der Waals surface area (Å²) < 4.78 is 11.9. The van der Waals surface area contributed by atoms with Gasteiger partial charge in [0.25, 0.3) is 0 Å². The number of carbonyl (C=O) groups excluding carboxylic acids is 2. The molecule has 4 N–H and O–H groups in total. The summed E-state index contributed by atoms with van der Waals surface area (Å²) in [6.45, 7) is 1.57. The molecule has 28 heavy (non-hydrogen) atoms. The molecule has 3 rings (SSSR count). The summed E-state index contributed by atoms with van der Waals surface area (Å²) in [5, 5.41) is 5.51. The molecule has 0 bridgehead atoms. The van der Waals surface area contributed by atoms with Gasteiger partial charge in [-0.25, -0.2) is 4.79 Å². The van der Waals surface area contributed by atoms with Crippen molar-refractivity contribution in [1.82, 2.24) is 10.6 Å². The van der Waals surface area contributed by atoms with Gasteiger partial charge in [0.05, 0.1) is 12.5 Å². The zero-order valence-corrected chi connectivity index (χ0v) is 16.8. The smallest absolute Gasteiger partial charge is 0.312 e. The first-order chi connectivity index (χ1) is 13.5. The molecule has 0 saturated heterocycles. The predicted molar refractivity (Wildman–Crippen MR) is 108 cm³/mol. The van der Waals surface area contributed by atoms with E-state index in [1.165, 1.54) is 0 Å². The minimum absolute atomic E-state index is 0.0978. The van der Waals surface area contributed by atoms with Crippen molar-refractivity contribution >= 4 is 27.9 Å². The normalized spacial score (nSPS) is 13.5. The lowest BCUT2D eigenvalue weighted by Gasteiger charge is -2.19. The Morgan fingerprint density at radius 1 is 1.11 bits per heavy atom. The van der Waals surface area contributed by atoms with E-state index in [0.717, 1.165) is 27.1 Å². The van der Waals surface area contributed by atoms with Crippen LogP contribution in [0.25, 0.3) is 0 Å². The van der Waals surface area contributed by atoms with E-state index in [1.807, 2.05) is 42.5 Å². The zero-order chi connectivity index (χ0) is 19.9. The maximum atomic E-state index is 12.4.